The summed E-state index contributed by atoms with van der Waals surface area (Å²) in [5.41, 5.74) is 6.33. The van der Waals surface area contributed by atoms with Crippen LogP contribution in [0, 0.1) is 5.41 Å². The molecule has 0 aromatic heterocycles. The van der Waals surface area contributed by atoms with Gasteiger partial charge in [0, 0.05) is 13.1 Å². The molecule has 0 radical (unpaired) electrons. The molecule has 1 aromatic carbocycles. The lowest BCUT2D eigenvalue weighted by Crippen LogP contribution is -2.48. The van der Waals surface area contributed by atoms with Crippen LogP contribution in [0.2, 0.25) is 0 Å². The first-order chi connectivity index (χ1) is 10.6. The number of rotatable bonds is 9. The summed E-state index contributed by atoms with van der Waals surface area (Å²) in [5, 5.41) is 5.50. The van der Waals surface area contributed by atoms with E-state index in [1.165, 1.54) is 5.56 Å². The highest BCUT2D eigenvalue weighted by Gasteiger charge is 2.33. The van der Waals surface area contributed by atoms with Crippen molar-refractivity contribution in [2.45, 2.75) is 33.1 Å². The van der Waals surface area contributed by atoms with Gasteiger partial charge in [-0.15, -0.1) is 0 Å². The van der Waals surface area contributed by atoms with Crippen LogP contribution in [0.3, 0.4) is 0 Å². The minimum atomic E-state index is -0.565. The second kappa shape index (κ2) is 9.20. The average Bonchev–Trinajstić information content (AvgIpc) is 2.56. The zero-order valence-electron chi connectivity index (χ0n) is 13.5. The predicted molar refractivity (Wildman–Crippen MR) is 88.2 cm³/mol. The number of benzene rings is 1. The van der Waals surface area contributed by atoms with Gasteiger partial charge in [-0.1, -0.05) is 44.2 Å². The maximum atomic E-state index is 12.2. The molecule has 0 heterocycles. The summed E-state index contributed by atoms with van der Waals surface area (Å²) in [6.45, 7) is 4.73. The molecule has 2 amide bonds. The molecule has 0 spiro atoms. The molecule has 22 heavy (non-hydrogen) atoms. The fraction of sp³-hybridized carbons (Fsp3) is 0.529. The molecule has 0 atom stereocenters. The quantitative estimate of drug-likeness (QED) is 0.641. The summed E-state index contributed by atoms with van der Waals surface area (Å²) >= 11 is 0. The highest BCUT2D eigenvalue weighted by atomic mass is 16.2. The third kappa shape index (κ3) is 5.15. The molecule has 122 valence electrons. The number of amides is 2. The number of hydrogen-bond donors (Lipinski definition) is 3. The van der Waals surface area contributed by atoms with Crippen molar-refractivity contribution >= 4 is 11.8 Å². The van der Waals surface area contributed by atoms with E-state index >= 15 is 0 Å². The van der Waals surface area contributed by atoms with E-state index in [1.807, 2.05) is 44.2 Å². The Hall–Kier alpha value is -1.88. The van der Waals surface area contributed by atoms with Gasteiger partial charge >= 0.3 is 0 Å². The fourth-order valence-corrected chi connectivity index (χ4v) is 2.35. The minimum absolute atomic E-state index is 0.00459. The van der Waals surface area contributed by atoms with Crippen molar-refractivity contribution in [3.8, 4) is 0 Å². The van der Waals surface area contributed by atoms with Crippen LogP contribution in [0.4, 0.5) is 0 Å². The van der Waals surface area contributed by atoms with Gasteiger partial charge < -0.3 is 16.4 Å². The highest BCUT2D eigenvalue weighted by molar-refractivity contribution is 5.88. The van der Waals surface area contributed by atoms with Crippen molar-refractivity contribution in [2.24, 2.45) is 11.1 Å². The van der Waals surface area contributed by atoms with Crippen LogP contribution in [0.1, 0.15) is 32.3 Å². The van der Waals surface area contributed by atoms with Crippen molar-refractivity contribution in [1.29, 1.82) is 0 Å². The fourth-order valence-electron chi connectivity index (χ4n) is 2.35. The van der Waals surface area contributed by atoms with Crippen LogP contribution in [0.15, 0.2) is 30.3 Å². The number of nitrogens with one attached hydrogen (secondary N) is 2. The molecular formula is C17H27N3O2. The van der Waals surface area contributed by atoms with E-state index in [2.05, 4.69) is 10.6 Å². The van der Waals surface area contributed by atoms with Gasteiger partial charge in [-0.25, -0.2) is 0 Å². The Bertz CT molecular complexity index is 462. The molecular weight excluding hydrogens is 278 g/mol. The molecule has 0 fully saturated rings. The number of carbonyl (C=O) groups is 2. The second-order valence-corrected chi connectivity index (χ2v) is 5.46. The van der Waals surface area contributed by atoms with Crippen LogP contribution in [-0.4, -0.2) is 31.4 Å². The van der Waals surface area contributed by atoms with E-state index < -0.39 is 5.41 Å². The Balaban J connectivity index is 2.32. The van der Waals surface area contributed by atoms with E-state index in [4.69, 9.17) is 5.73 Å². The van der Waals surface area contributed by atoms with Gasteiger partial charge in [0.2, 0.25) is 11.8 Å². The smallest absolute Gasteiger partial charge is 0.239 e. The molecule has 5 heteroatoms. The zero-order chi connectivity index (χ0) is 16.4. The van der Waals surface area contributed by atoms with E-state index in [0.29, 0.717) is 25.9 Å². The molecule has 1 rings (SSSR count). The van der Waals surface area contributed by atoms with Crippen LogP contribution in [0.5, 0.6) is 0 Å². The van der Waals surface area contributed by atoms with Gasteiger partial charge in [0.25, 0.3) is 0 Å². The first kappa shape index (κ1) is 18.2. The molecule has 0 unspecified atom stereocenters. The Labute approximate surface area is 132 Å². The summed E-state index contributed by atoms with van der Waals surface area (Å²) in [4.78, 5) is 24.0. The largest absolute Gasteiger partial charge is 0.354 e. The van der Waals surface area contributed by atoms with Gasteiger partial charge in [0.1, 0.15) is 0 Å². The van der Waals surface area contributed by atoms with Gasteiger partial charge in [0.15, 0.2) is 0 Å². The Morgan fingerprint density at radius 3 is 2.27 bits per heavy atom. The maximum Gasteiger partial charge on any atom is 0.239 e. The van der Waals surface area contributed by atoms with Crippen molar-refractivity contribution in [1.82, 2.24) is 10.6 Å². The molecule has 0 bridgehead atoms. The first-order valence-corrected chi connectivity index (χ1v) is 7.87. The van der Waals surface area contributed by atoms with Crippen LogP contribution in [0.25, 0.3) is 0 Å². The summed E-state index contributed by atoms with van der Waals surface area (Å²) in [6.07, 6.45) is 2.11. The van der Waals surface area contributed by atoms with E-state index in [-0.39, 0.29) is 18.4 Å². The number of nitrogens with two attached hydrogens (primary N) is 1. The van der Waals surface area contributed by atoms with E-state index in [1.54, 1.807) is 0 Å². The third-order valence-electron chi connectivity index (χ3n) is 4.21. The minimum Gasteiger partial charge on any atom is -0.354 e. The lowest BCUT2D eigenvalue weighted by Gasteiger charge is -2.28. The summed E-state index contributed by atoms with van der Waals surface area (Å²) in [7, 11) is 0. The Morgan fingerprint density at radius 1 is 1.09 bits per heavy atom. The van der Waals surface area contributed by atoms with Gasteiger partial charge in [-0.05, 0) is 24.8 Å². The normalized spacial score (nSPS) is 11.0. The van der Waals surface area contributed by atoms with Crippen molar-refractivity contribution in [2.75, 3.05) is 19.6 Å². The monoisotopic (exact) mass is 305 g/mol. The lowest BCUT2D eigenvalue weighted by molar-refractivity contribution is -0.133. The van der Waals surface area contributed by atoms with Crippen molar-refractivity contribution in [3.05, 3.63) is 35.9 Å². The summed E-state index contributed by atoms with van der Waals surface area (Å²) in [5.74, 6) is -0.319. The summed E-state index contributed by atoms with van der Waals surface area (Å²) in [6, 6.07) is 9.94. The highest BCUT2D eigenvalue weighted by Crippen LogP contribution is 2.24. The SMILES string of the molecule is CCC(CC)(CN)C(=O)NCC(=O)NCCc1ccccc1. The number of hydrogen-bond acceptors (Lipinski definition) is 3. The molecule has 4 N–H and O–H groups in total. The van der Waals surface area contributed by atoms with E-state index in [9.17, 15) is 9.59 Å². The van der Waals surface area contributed by atoms with Crippen LogP contribution < -0.4 is 16.4 Å². The van der Waals surface area contributed by atoms with Gasteiger partial charge in [0.05, 0.1) is 12.0 Å². The summed E-state index contributed by atoms with van der Waals surface area (Å²) < 4.78 is 0. The van der Waals surface area contributed by atoms with E-state index in [0.717, 1.165) is 6.42 Å². The van der Waals surface area contributed by atoms with Gasteiger partial charge in [-0.2, -0.15) is 0 Å². The van der Waals surface area contributed by atoms with Crippen molar-refractivity contribution in [3.63, 3.8) is 0 Å². The number of carbonyl (C=O) groups excluding carboxylic acids is 2. The first-order valence-electron chi connectivity index (χ1n) is 7.87. The molecule has 0 aliphatic rings. The molecule has 0 aliphatic carbocycles. The molecule has 0 saturated carbocycles. The Kier molecular flexibility index (Phi) is 7.60. The third-order valence-corrected chi connectivity index (χ3v) is 4.21. The molecule has 5 nitrogen and oxygen atoms in total. The van der Waals surface area contributed by atoms with Crippen LogP contribution in [-0.2, 0) is 16.0 Å². The topological polar surface area (TPSA) is 84.2 Å². The maximum absolute atomic E-state index is 12.2. The van der Waals surface area contributed by atoms with Gasteiger partial charge in [-0.3, -0.25) is 9.59 Å². The Morgan fingerprint density at radius 2 is 1.73 bits per heavy atom. The molecule has 1 aromatic rings. The lowest BCUT2D eigenvalue weighted by atomic mass is 9.81. The average molecular weight is 305 g/mol. The molecule has 0 saturated heterocycles. The standard InChI is InChI=1S/C17H27N3O2/c1-3-17(4-2,13-18)16(22)20-12-15(21)19-11-10-14-8-6-5-7-9-14/h5-9H,3-4,10-13,18H2,1-2H3,(H,19,21)(H,20,22). The van der Waals surface area contributed by atoms with Crippen molar-refractivity contribution < 1.29 is 9.59 Å². The van der Waals surface area contributed by atoms with Crippen LogP contribution >= 0.6 is 0 Å². The molecule has 0 aliphatic heterocycles. The predicted octanol–water partition coefficient (Wildman–Crippen LogP) is 1.23. The second-order valence-electron chi connectivity index (χ2n) is 5.46. The zero-order valence-corrected chi connectivity index (χ0v) is 13.5.